The summed E-state index contributed by atoms with van der Waals surface area (Å²) < 4.78 is 63.8. The summed E-state index contributed by atoms with van der Waals surface area (Å²) in [7, 11) is 0. The molecule has 3 aliphatic carbocycles. The van der Waals surface area contributed by atoms with E-state index < -0.39 is 48.4 Å². The van der Waals surface area contributed by atoms with E-state index in [1.807, 2.05) is 0 Å². The number of carbonyl (C=O) groups is 1. The third-order valence-electron chi connectivity index (χ3n) is 6.49. The van der Waals surface area contributed by atoms with Crippen molar-refractivity contribution >= 4 is 17.3 Å². The van der Waals surface area contributed by atoms with Gasteiger partial charge in [0, 0.05) is 33.4 Å². The molecule has 11 heteroatoms. The zero-order valence-electron chi connectivity index (χ0n) is 19.8. The van der Waals surface area contributed by atoms with E-state index >= 15 is 0 Å². The number of carbonyl (C=O) groups excluding carboxylic acids is 1. The first-order valence-corrected chi connectivity index (χ1v) is 9.88. The third kappa shape index (κ3) is 3.40. The van der Waals surface area contributed by atoms with Gasteiger partial charge in [-0.2, -0.15) is 13.2 Å². The van der Waals surface area contributed by atoms with Crippen LogP contribution in [-0.2, 0) is 10.4 Å². The first-order valence-electron chi connectivity index (χ1n) is 11.4. The predicted octanol–water partition coefficient (Wildman–Crippen LogP) is 0.396. The average Bonchev–Trinajstić information content (AvgIpc) is 2.72. The van der Waals surface area contributed by atoms with E-state index in [2.05, 4.69) is 15.6 Å². The smallest absolute Gasteiger partial charge is 0.396 e. The van der Waals surface area contributed by atoms with Crippen molar-refractivity contribution < 1.29 is 37.4 Å². The second kappa shape index (κ2) is 7.27. The molecule has 0 radical (unpaired) electrons. The molecule has 3 saturated carbocycles. The lowest BCUT2D eigenvalue weighted by molar-refractivity contribution is -0.277. The lowest BCUT2D eigenvalue weighted by Crippen LogP contribution is -2.76. The van der Waals surface area contributed by atoms with Crippen LogP contribution >= 0.6 is 0 Å². The van der Waals surface area contributed by atoms with Crippen molar-refractivity contribution in [2.75, 3.05) is 13.2 Å². The molecule has 1 unspecified atom stereocenters. The van der Waals surface area contributed by atoms with Crippen LogP contribution in [0, 0.1) is 12.3 Å². The van der Waals surface area contributed by atoms with Crippen molar-refractivity contribution in [3.05, 3.63) is 41.1 Å². The minimum atomic E-state index is -5.26. The van der Waals surface area contributed by atoms with Gasteiger partial charge in [0.2, 0.25) is 5.60 Å². The number of aliphatic hydroxyl groups excluding tert-OH is 2. The fourth-order valence-corrected chi connectivity index (χ4v) is 4.77. The van der Waals surface area contributed by atoms with E-state index in [1.165, 1.54) is 6.20 Å². The van der Waals surface area contributed by atoms with Crippen LogP contribution < -0.4 is 16.4 Å². The molecule has 1 amide bonds. The molecule has 174 valence electrons. The van der Waals surface area contributed by atoms with Gasteiger partial charge < -0.3 is 31.7 Å². The number of alkyl halides is 3. The number of nitrogens with one attached hydrogen (secondary N) is 2. The first-order chi connectivity index (χ1) is 16.1. The van der Waals surface area contributed by atoms with Crippen LogP contribution in [0.25, 0.3) is 5.70 Å². The monoisotopic (exact) mass is 457 g/mol. The second-order valence-corrected chi connectivity index (χ2v) is 8.87. The lowest BCUT2D eigenvalue weighted by atomic mass is 9.39. The number of amides is 1. The highest BCUT2D eigenvalue weighted by molar-refractivity contribution is 6.42. The van der Waals surface area contributed by atoms with Gasteiger partial charge in [-0.25, -0.2) is 4.99 Å². The number of halogens is 3. The molecule has 32 heavy (non-hydrogen) atoms. The number of nitrogens with zero attached hydrogens (tertiary/aromatic N) is 1. The SMILES string of the molecule is [2H]C([2H])([2H])c1ccc([C@](O)(CO)C(F)(F)F)cc1C1=CNC(N)C(C(=O)NC23CC(CO)(C2)C3)=N1. The van der Waals surface area contributed by atoms with Crippen molar-refractivity contribution in [2.24, 2.45) is 16.1 Å². The van der Waals surface area contributed by atoms with Crippen molar-refractivity contribution in [1.82, 2.24) is 10.6 Å². The van der Waals surface area contributed by atoms with E-state index in [4.69, 9.17) is 9.85 Å². The number of aryl methyl sites for hydroxylation is 1. The predicted molar refractivity (Wildman–Crippen MR) is 109 cm³/mol. The Morgan fingerprint density at radius 3 is 2.62 bits per heavy atom. The fourth-order valence-electron chi connectivity index (χ4n) is 4.77. The van der Waals surface area contributed by atoms with Crippen molar-refractivity contribution in [2.45, 2.75) is 49.6 Å². The maximum Gasteiger partial charge on any atom is 0.423 e. The standard InChI is InChI=1S/C21H25F3N4O4/c1-11-2-3-12(20(32,10-30)21(22,23)24)4-13(11)14-5-26-16(25)15(27-14)17(31)28-19-6-18(7-19,8-19)9-29/h2-5,16,26,29-30,32H,6-10,25H2,1H3,(H,28,31)/t16?,18?,19?,20-/m1/s1/i1D3. The lowest BCUT2D eigenvalue weighted by Gasteiger charge is -2.70. The van der Waals surface area contributed by atoms with Crippen LogP contribution in [0.2, 0.25) is 0 Å². The molecule has 0 saturated heterocycles. The molecule has 8 nitrogen and oxygen atoms in total. The summed E-state index contributed by atoms with van der Waals surface area (Å²) in [6.07, 6.45) is -3.36. The Balaban J connectivity index is 1.71. The van der Waals surface area contributed by atoms with Gasteiger partial charge in [0.25, 0.3) is 5.91 Å². The molecule has 3 fully saturated rings. The highest BCUT2D eigenvalue weighted by Crippen LogP contribution is 2.66. The minimum absolute atomic E-state index is 0.0197. The Morgan fingerprint density at radius 1 is 1.38 bits per heavy atom. The maximum atomic E-state index is 13.5. The molecule has 0 spiro atoms. The zero-order valence-corrected chi connectivity index (χ0v) is 16.8. The number of hydrogen-bond donors (Lipinski definition) is 6. The van der Waals surface area contributed by atoms with Crippen LogP contribution in [-0.4, -0.2) is 58.0 Å². The molecule has 2 atom stereocenters. The van der Waals surface area contributed by atoms with Gasteiger partial charge in [0.1, 0.15) is 11.9 Å². The zero-order chi connectivity index (χ0) is 26.0. The molecule has 5 rings (SSSR count). The molecule has 1 aliphatic heterocycles. The van der Waals surface area contributed by atoms with E-state index in [0.29, 0.717) is 19.3 Å². The quantitative estimate of drug-likeness (QED) is 0.365. The van der Waals surface area contributed by atoms with Gasteiger partial charge in [0.15, 0.2) is 0 Å². The largest absolute Gasteiger partial charge is 0.423 e. The van der Waals surface area contributed by atoms with E-state index in [9.17, 15) is 33.3 Å². The summed E-state index contributed by atoms with van der Waals surface area (Å²) in [5.41, 5.74) is -0.215. The van der Waals surface area contributed by atoms with Crippen LogP contribution in [0.1, 0.15) is 40.1 Å². The Labute approximate surface area is 186 Å². The Kier molecular flexibility index (Phi) is 4.33. The van der Waals surface area contributed by atoms with Gasteiger partial charge in [-0.1, -0.05) is 12.1 Å². The van der Waals surface area contributed by atoms with Gasteiger partial charge in [-0.3, -0.25) is 4.79 Å². The van der Waals surface area contributed by atoms with Crippen molar-refractivity contribution in [1.29, 1.82) is 0 Å². The normalized spacial score (nSPS) is 32.5. The number of nitrogens with two attached hydrogens (primary N) is 1. The summed E-state index contributed by atoms with van der Waals surface area (Å²) in [5.74, 6) is -0.629. The molecule has 1 aromatic carbocycles. The number of benzene rings is 1. The molecular weight excluding hydrogens is 429 g/mol. The molecule has 4 aliphatic rings. The number of hydrogen-bond acceptors (Lipinski definition) is 7. The Bertz CT molecular complexity index is 1100. The third-order valence-corrected chi connectivity index (χ3v) is 6.49. The molecule has 1 aromatic rings. The maximum absolute atomic E-state index is 13.5. The van der Waals surface area contributed by atoms with E-state index in [0.717, 1.165) is 18.2 Å². The Hall–Kier alpha value is -2.47. The van der Waals surface area contributed by atoms with Gasteiger partial charge in [0.05, 0.1) is 12.3 Å². The van der Waals surface area contributed by atoms with Crippen molar-refractivity contribution in [3.8, 4) is 0 Å². The minimum Gasteiger partial charge on any atom is -0.396 e. The summed E-state index contributed by atoms with van der Waals surface area (Å²) >= 11 is 0. The van der Waals surface area contributed by atoms with Crippen LogP contribution in [0.5, 0.6) is 0 Å². The van der Waals surface area contributed by atoms with Crippen molar-refractivity contribution in [3.63, 3.8) is 0 Å². The topological polar surface area (TPSA) is 140 Å². The highest BCUT2D eigenvalue weighted by Gasteiger charge is 2.68. The van der Waals surface area contributed by atoms with Crippen LogP contribution in [0.15, 0.2) is 29.4 Å². The molecule has 1 heterocycles. The molecule has 0 aromatic heterocycles. The molecular formula is C21H25F3N4O4. The number of aliphatic hydroxyl groups is 3. The second-order valence-electron chi connectivity index (χ2n) is 8.87. The van der Waals surface area contributed by atoms with Crippen LogP contribution in [0.3, 0.4) is 0 Å². The number of aliphatic imine (C=N–C) groups is 1. The van der Waals surface area contributed by atoms with Gasteiger partial charge in [-0.15, -0.1) is 0 Å². The van der Waals surface area contributed by atoms with Gasteiger partial charge in [-0.05, 0) is 43.3 Å². The molecule has 2 bridgehead atoms. The summed E-state index contributed by atoms with van der Waals surface area (Å²) in [5, 5.41) is 34.4. The van der Waals surface area contributed by atoms with Gasteiger partial charge >= 0.3 is 6.18 Å². The summed E-state index contributed by atoms with van der Waals surface area (Å²) in [4.78, 5) is 17.1. The van der Waals surface area contributed by atoms with E-state index in [-0.39, 0.29) is 34.6 Å². The summed E-state index contributed by atoms with van der Waals surface area (Å²) in [6.45, 7) is -4.45. The first kappa shape index (κ1) is 19.0. The average molecular weight is 457 g/mol. The Morgan fingerprint density at radius 2 is 2.06 bits per heavy atom. The fraction of sp³-hybridized carbons (Fsp3) is 0.524. The van der Waals surface area contributed by atoms with Crippen LogP contribution in [0.4, 0.5) is 13.2 Å². The highest BCUT2D eigenvalue weighted by atomic mass is 19.4. The van der Waals surface area contributed by atoms with E-state index in [1.54, 1.807) is 0 Å². The summed E-state index contributed by atoms with van der Waals surface area (Å²) in [6, 6.07) is 2.44. The molecule has 7 N–H and O–H groups in total. The number of rotatable bonds is 6.